The Bertz CT molecular complexity index is 931. The van der Waals surface area contributed by atoms with Crippen LogP contribution in [0.2, 0.25) is 0 Å². The maximum absolute atomic E-state index is 13.9. The Kier molecular flexibility index (Phi) is 6.93. The molecule has 0 bridgehead atoms. The van der Waals surface area contributed by atoms with Gasteiger partial charge in [0.25, 0.3) is 5.60 Å². The Morgan fingerprint density at radius 1 is 1.21 bits per heavy atom. The summed E-state index contributed by atoms with van der Waals surface area (Å²) in [6.45, 7) is 4.28. The van der Waals surface area contributed by atoms with Crippen LogP contribution < -0.4 is 4.74 Å². The first-order valence-corrected chi connectivity index (χ1v) is 8.93. The minimum atomic E-state index is -5.04. The van der Waals surface area contributed by atoms with Crippen LogP contribution in [0.15, 0.2) is 47.5 Å². The smallest absolute Gasteiger partial charge is 0.433 e. The normalized spacial score (nSPS) is 13.5. The second-order valence-corrected chi connectivity index (χ2v) is 6.48. The zero-order valence-corrected chi connectivity index (χ0v) is 16.7. The van der Waals surface area contributed by atoms with Crippen LogP contribution >= 0.6 is 0 Å². The van der Waals surface area contributed by atoms with Crippen LogP contribution in [0.4, 0.5) is 18.9 Å². The molecule has 0 aliphatic carbocycles. The van der Waals surface area contributed by atoms with Gasteiger partial charge in [0, 0.05) is 30.8 Å². The summed E-state index contributed by atoms with van der Waals surface area (Å²) in [6.07, 6.45) is -3.46. The van der Waals surface area contributed by atoms with E-state index in [9.17, 15) is 18.3 Å². The Morgan fingerprint density at radius 3 is 2.41 bits per heavy atom. The second-order valence-electron chi connectivity index (χ2n) is 6.48. The molecule has 0 spiro atoms. The lowest BCUT2D eigenvalue weighted by Gasteiger charge is -2.28. The number of methoxy groups -OCH3 is 1. The van der Waals surface area contributed by atoms with Crippen molar-refractivity contribution in [2.24, 2.45) is 4.99 Å². The highest BCUT2D eigenvalue weighted by Crippen LogP contribution is 2.44. The third-order valence-corrected chi connectivity index (χ3v) is 4.37. The van der Waals surface area contributed by atoms with Gasteiger partial charge in [0.2, 0.25) is 0 Å². The number of halogens is 3. The van der Waals surface area contributed by atoms with Gasteiger partial charge >= 0.3 is 6.18 Å². The van der Waals surface area contributed by atoms with E-state index < -0.39 is 17.3 Å². The van der Waals surface area contributed by atoms with E-state index in [4.69, 9.17) is 4.74 Å². The number of alkyl halides is 3. The van der Waals surface area contributed by atoms with Crippen LogP contribution in [0, 0.1) is 18.8 Å². The van der Waals surface area contributed by atoms with Gasteiger partial charge in [-0.25, -0.2) is 4.99 Å². The summed E-state index contributed by atoms with van der Waals surface area (Å²) < 4.78 is 46.8. The van der Waals surface area contributed by atoms with Gasteiger partial charge in [-0.15, -0.1) is 0 Å². The highest BCUT2D eigenvalue weighted by Gasteiger charge is 2.56. The van der Waals surface area contributed by atoms with E-state index in [1.807, 2.05) is 24.8 Å². The van der Waals surface area contributed by atoms with Crippen molar-refractivity contribution in [3.05, 3.63) is 59.2 Å². The third-order valence-electron chi connectivity index (χ3n) is 4.37. The van der Waals surface area contributed by atoms with Crippen LogP contribution in [0.25, 0.3) is 0 Å². The predicted molar refractivity (Wildman–Crippen MR) is 107 cm³/mol. The predicted octanol–water partition coefficient (Wildman–Crippen LogP) is 4.42. The molecule has 0 saturated heterocycles. The van der Waals surface area contributed by atoms with Gasteiger partial charge in [-0.05, 0) is 43.5 Å². The molecule has 0 saturated carbocycles. The molecule has 2 aromatic carbocycles. The standard InChI is InChI=1S/C22H23F3N2O2/c1-5-27(3)15-26-19-14-20(29-4)18(13-16(19)2)21(28,22(23,24)25)12-11-17-9-7-6-8-10-17/h6-10,13-15,28H,5H2,1-4H3. The van der Waals surface area contributed by atoms with Crippen molar-refractivity contribution in [3.8, 4) is 17.6 Å². The van der Waals surface area contributed by atoms with Crippen molar-refractivity contribution in [1.82, 2.24) is 4.90 Å². The van der Waals surface area contributed by atoms with E-state index >= 15 is 0 Å². The minimum absolute atomic E-state index is 0.149. The van der Waals surface area contributed by atoms with Crippen LogP contribution in [0.1, 0.15) is 23.6 Å². The number of hydrogen-bond acceptors (Lipinski definition) is 3. The summed E-state index contributed by atoms with van der Waals surface area (Å²) >= 11 is 0. The molecule has 2 aromatic rings. The lowest BCUT2D eigenvalue weighted by atomic mass is 9.90. The average Bonchev–Trinajstić information content (AvgIpc) is 2.70. The van der Waals surface area contributed by atoms with Crippen molar-refractivity contribution in [2.45, 2.75) is 25.6 Å². The molecule has 1 unspecified atom stereocenters. The first-order chi connectivity index (χ1) is 13.6. The molecular formula is C22H23F3N2O2. The number of aliphatic hydroxyl groups is 1. The Hall–Kier alpha value is -2.98. The average molecular weight is 404 g/mol. The van der Waals surface area contributed by atoms with Gasteiger partial charge in [0.1, 0.15) is 5.75 Å². The number of hydrogen-bond donors (Lipinski definition) is 1. The lowest BCUT2D eigenvalue weighted by molar-refractivity contribution is -0.241. The van der Waals surface area contributed by atoms with E-state index in [0.29, 0.717) is 16.8 Å². The fourth-order valence-electron chi connectivity index (χ4n) is 2.49. The fraction of sp³-hybridized carbons (Fsp3) is 0.318. The number of aryl methyl sites for hydroxylation is 1. The Morgan fingerprint density at radius 2 is 1.86 bits per heavy atom. The van der Waals surface area contributed by atoms with Crippen LogP contribution in [-0.2, 0) is 5.60 Å². The molecule has 0 aliphatic heterocycles. The summed E-state index contributed by atoms with van der Waals surface area (Å²) in [5.74, 6) is 4.27. The first-order valence-electron chi connectivity index (χ1n) is 8.93. The topological polar surface area (TPSA) is 45.1 Å². The summed E-state index contributed by atoms with van der Waals surface area (Å²) in [7, 11) is 3.06. The zero-order chi connectivity index (χ0) is 21.7. The maximum Gasteiger partial charge on any atom is 0.433 e. The lowest BCUT2D eigenvalue weighted by Crippen LogP contribution is -2.41. The second kappa shape index (κ2) is 9.01. The van der Waals surface area contributed by atoms with Crippen molar-refractivity contribution in [3.63, 3.8) is 0 Å². The third kappa shape index (κ3) is 5.09. The molecule has 0 fully saturated rings. The molecule has 4 nitrogen and oxygen atoms in total. The van der Waals surface area contributed by atoms with Crippen molar-refractivity contribution in [2.75, 3.05) is 20.7 Å². The Labute approximate surface area is 168 Å². The molecule has 0 radical (unpaired) electrons. The SMILES string of the molecule is CCN(C)C=Nc1cc(OC)c(C(O)(C#Cc2ccccc2)C(F)(F)F)cc1C. The monoisotopic (exact) mass is 404 g/mol. The van der Waals surface area contributed by atoms with Gasteiger partial charge in [0.15, 0.2) is 0 Å². The molecule has 1 atom stereocenters. The maximum atomic E-state index is 13.9. The molecule has 29 heavy (non-hydrogen) atoms. The highest BCUT2D eigenvalue weighted by atomic mass is 19.4. The van der Waals surface area contributed by atoms with E-state index in [-0.39, 0.29) is 5.75 Å². The van der Waals surface area contributed by atoms with Gasteiger partial charge in [0.05, 0.1) is 19.1 Å². The fourth-order valence-corrected chi connectivity index (χ4v) is 2.49. The minimum Gasteiger partial charge on any atom is -0.496 e. The van der Waals surface area contributed by atoms with Crippen molar-refractivity contribution >= 4 is 12.0 Å². The van der Waals surface area contributed by atoms with Gasteiger partial charge < -0.3 is 14.7 Å². The first kappa shape index (κ1) is 22.3. The largest absolute Gasteiger partial charge is 0.496 e. The quantitative estimate of drug-likeness (QED) is 0.456. The van der Waals surface area contributed by atoms with Crippen molar-refractivity contribution in [1.29, 1.82) is 0 Å². The molecule has 0 aromatic heterocycles. The van der Waals surface area contributed by atoms with Gasteiger partial charge in [-0.3, -0.25) is 0 Å². The summed E-state index contributed by atoms with van der Waals surface area (Å²) in [5.41, 5.74) is -2.63. The molecule has 154 valence electrons. The highest BCUT2D eigenvalue weighted by molar-refractivity contribution is 5.66. The van der Waals surface area contributed by atoms with Crippen LogP contribution in [-0.4, -0.2) is 43.2 Å². The van der Waals surface area contributed by atoms with E-state index in [0.717, 1.165) is 6.54 Å². The van der Waals surface area contributed by atoms with Crippen LogP contribution in [0.3, 0.4) is 0 Å². The number of nitrogens with zero attached hydrogens (tertiary/aromatic N) is 2. The molecule has 7 heteroatoms. The van der Waals surface area contributed by atoms with E-state index in [1.54, 1.807) is 43.6 Å². The Balaban J connectivity index is 2.61. The number of aliphatic imine (C=N–C) groups is 1. The summed E-state index contributed by atoms with van der Waals surface area (Å²) in [6, 6.07) is 10.7. The molecule has 1 N–H and O–H groups in total. The van der Waals surface area contributed by atoms with Gasteiger partial charge in [-0.1, -0.05) is 24.1 Å². The van der Waals surface area contributed by atoms with E-state index in [2.05, 4.69) is 10.9 Å². The molecule has 0 aliphatic rings. The molecular weight excluding hydrogens is 381 g/mol. The number of ether oxygens (including phenoxy) is 1. The molecule has 2 rings (SSSR count). The molecule has 0 amide bonds. The summed E-state index contributed by atoms with van der Waals surface area (Å²) in [4.78, 5) is 6.10. The van der Waals surface area contributed by atoms with Crippen molar-refractivity contribution < 1.29 is 23.0 Å². The van der Waals surface area contributed by atoms with Gasteiger partial charge in [-0.2, -0.15) is 13.2 Å². The summed E-state index contributed by atoms with van der Waals surface area (Å²) in [5, 5.41) is 10.6. The molecule has 0 heterocycles. The number of benzene rings is 2. The van der Waals surface area contributed by atoms with E-state index in [1.165, 1.54) is 19.2 Å². The zero-order valence-electron chi connectivity index (χ0n) is 16.7. The van der Waals surface area contributed by atoms with Crippen LogP contribution in [0.5, 0.6) is 5.75 Å². The number of rotatable bonds is 5.